The van der Waals surface area contributed by atoms with Gasteiger partial charge in [-0.15, -0.1) is 11.3 Å². The fourth-order valence-corrected chi connectivity index (χ4v) is 5.63. The number of aliphatic hydroxyl groups excluding tert-OH is 1. The third-order valence-electron chi connectivity index (χ3n) is 6.79. The van der Waals surface area contributed by atoms with Crippen molar-refractivity contribution in [2.75, 3.05) is 6.54 Å². The summed E-state index contributed by atoms with van der Waals surface area (Å²) in [6.45, 7) is 10.5. The SMILES string of the molecule is Cc1ccsc1-c1ccc(CNC(=O)[C@@H]2C[C@@H](O)CN2C(=O)[C@@H](c2cc(C(C)C)no2)C(C)C)cc1. The molecule has 2 amide bonds. The Morgan fingerprint density at radius 1 is 1.19 bits per heavy atom. The number of β-amino-alcohol motifs (C(OH)–C–C–N with tert-alkyl or cyclic N) is 1. The standard InChI is InChI=1S/C28H35N3O4S/c1-16(2)22-13-24(35-30-22)25(17(3)4)28(34)31-15-21(32)12-23(31)27(33)29-14-19-6-8-20(9-7-19)26-18(5)10-11-36-26/h6-11,13,16-17,21,23,25,32H,12,14-15H2,1-5H3,(H,29,33)/t21-,23+,25-/m1/s1. The Balaban J connectivity index is 1.44. The number of thiophene rings is 1. The number of benzene rings is 1. The van der Waals surface area contributed by atoms with Crippen LogP contribution in [0.1, 0.15) is 68.5 Å². The highest BCUT2D eigenvalue weighted by atomic mass is 32.1. The van der Waals surface area contributed by atoms with Gasteiger partial charge in [0.25, 0.3) is 0 Å². The third-order valence-corrected chi connectivity index (χ3v) is 7.85. The summed E-state index contributed by atoms with van der Waals surface area (Å²) in [6.07, 6.45) is -0.529. The van der Waals surface area contributed by atoms with Crippen LogP contribution in [-0.4, -0.2) is 45.7 Å². The van der Waals surface area contributed by atoms with Crippen molar-refractivity contribution in [2.24, 2.45) is 5.92 Å². The second-order valence-corrected chi connectivity index (χ2v) is 11.2. The number of nitrogens with zero attached hydrogens (tertiary/aromatic N) is 2. The summed E-state index contributed by atoms with van der Waals surface area (Å²) in [6, 6.07) is 11.3. The van der Waals surface area contributed by atoms with Crippen molar-refractivity contribution >= 4 is 23.2 Å². The number of carbonyl (C=O) groups is 2. The summed E-state index contributed by atoms with van der Waals surface area (Å²) in [5.74, 6) is -0.428. The molecule has 1 aliphatic rings. The van der Waals surface area contributed by atoms with E-state index in [1.54, 1.807) is 11.3 Å². The molecule has 1 aromatic carbocycles. The number of likely N-dealkylation sites (tertiary alicyclic amines) is 1. The van der Waals surface area contributed by atoms with Crippen LogP contribution in [0.2, 0.25) is 0 Å². The lowest BCUT2D eigenvalue weighted by atomic mass is 9.90. The summed E-state index contributed by atoms with van der Waals surface area (Å²) < 4.78 is 5.54. The van der Waals surface area contributed by atoms with Crippen LogP contribution in [0.3, 0.4) is 0 Å². The number of aryl methyl sites for hydroxylation is 1. The lowest BCUT2D eigenvalue weighted by molar-refractivity contribution is -0.141. The number of amides is 2. The lowest BCUT2D eigenvalue weighted by Gasteiger charge is -2.28. The Bertz CT molecular complexity index is 1200. The maximum absolute atomic E-state index is 13.6. The molecule has 4 rings (SSSR count). The zero-order valence-corrected chi connectivity index (χ0v) is 22.3. The Morgan fingerprint density at radius 3 is 2.50 bits per heavy atom. The van der Waals surface area contributed by atoms with Gasteiger partial charge in [-0.05, 0) is 46.9 Å². The van der Waals surface area contributed by atoms with E-state index in [0.717, 1.165) is 16.8 Å². The van der Waals surface area contributed by atoms with E-state index in [2.05, 4.69) is 41.0 Å². The molecule has 0 aliphatic carbocycles. The van der Waals surface area contributed by atoms with Crippen LogP contribution in [0.15, 0.2) is 46.3 Å². The average Bonchev–Trinajstić information content (AvgIpc) is 3.58. The quantitative estimate of drug-likeness (QED) is 0.452. The summed E-state index contributed by atoms with van der Waals surface area (Å²) >= 11 is 1.71. The summed E-state index contributed by atoms with van der Waals surface area (Å²) in [5, 5.41) is 19.5. The lowest BCUT2D eigenvalue weighted by Crippen LogP contribution is -2.48. The maximum atomic E-state index is 13.6. The Labute approximate surface area is 216 Å². The van der Waals surface area contributed by atoms with E-state index in [1.807, 2.05) is 45.9 Å². The first kappa shape index (κ1) is 26.1. The molecule has 0 unspecified atom stereocenters. The van der Waals surface area contributed by atoms with Crippen LogP contribution >= 0.6 is 11.3 Å². The highest BCUT2D eigenvalue weighted by Gasteiger charge is 2.43. The predicted octanol–water partition coefficient (Wildman–Crippen LogP) is 4.85. The molecule has 2 aromatic heterocycles. The van der Waals surface area contributed by atoms with Gasteiger partial charge in [0.05, 0.1) is 11.8 Å². The third kappa shape index (κ3) is 5.55. The zero-order valence-electron chi connectivity index (χ0n) is 21.5. The molecule has 7 nitrogen and oxygen atoms in total. The zero-order chi connectivity index (χ0) is 26.0. The molecule has 1 saturated heterocycles. The van der Waals surface area contributed by atoms with E-state index in [9.17, 15) is 14.7 Å². The van der Waals surface area contributed by atoms with Crippen molar-refractivity contribution < 1.29 is 19.2 Å². The number of aliphatic hydroxyl groups is 1. The molecule has 3 heterocycles. The van der Waals surface area contributed by atoms with Crippen molar-refractivity contribution in [1.29, 1.82) is 0 Å². The minimum atomic E-state index is -0.744. The number of aromatic nitrogens is 1. The van der Waals surface area contributed by atoms with E-state index in [-0.39, 0.29) is 36.6 Å². The monoisotopic (exact) mass is 509 g/mol. The number of nitrogens with one attached hydrogen (secondary N) is 1. The van der Waals surface area contributed by atoms with Gasteiger partial charge in [0.15, 0.2) is 0 Å². The van der Waals surface area contributed by atoms with Crippen LogP contribution in [0.5, 0.6) is 0 Å². The number of hydrogen-bond acceptors (Lipinski definition) is 6. The first-order valence-electron chi connectivity index (χ1n) is 12.5. The summed E-state index contributed by atoms with van der Waals surface area (Å²) in [5.41, 5.74) is 4.16. The molecule has 0 spiro atoms. The van der Waals surface area contributed by atoms with Gasteiger partial charge in [-0.3, -0.25) is 9.59 Å². The van der Waals surface area contributed by atoms with Crippen molar-refractivity contribution in [3.63, 3.8) is 0 Å². The molecule has 0 bridgehead atoms. The van der Waals surface area contributed by atoms with Crippen LogP contribution < -0.4 is 5.32 Å². The maximum Gasteiger partial charge on any atom is 0.243 e. The molecular formula is C28H35N3O4S. The van der Waals surface area contributed by atoms with Gasteiger partial charge in [0.2, 0.25) is 11.8 Å². The average molecular weight is 510 g/mol. The van der Waals surface area contributed by atoms with Gasteiger partial charge in [-0.25, -0.2) is 0 Å². The molecule has 8 heteroatoms. The molecule has 2 N–H and O–H groups in total. The normalized spacial score (nSPS) is 18.7. The van der Waals surface area contributed by atoms with Gasteiger partial charge in [-0.2, -0.15) is 0 Å². The van der Waals surface area contributed by atoms with Crippen molar-refractivity contribution in [3.8, 4) is 10.4 Å². The number of hydrogen-bond donors (Lipinski definition) is 2. The highest BCUT2D eigenvalue weighted by molar-refractivity contribution is 7.13. The smallest absolute Gasteiger partial charge is 0.243 e. The molecule has 3 atom stereocenters. The van der Waals surface area contributed by atoms with Gasteiger partial charge < -0.3 is 19.8 Å². The largest absolute Gasteiger partial charge is 0.391 e. The molecular weight excluding hydrogens is 474 g/mol. The fraction of sp³-hybridized carbons (Fsp3) is 0.464. The molecule has 1 aliphatic heterocycles. The molecule has 0 saturated carbocycles. The van der Waals surface area contributed by atoms with Crippen LogP contribution in [0, 0.1) is 12.8 Å². The van der Waals surface area contributed by atoms with Crippen LogP contribution in [-0.2, 0) is 16.1 Å². The first-order chi connectivity index (χ1) is 17.2. The van der Waals surface area contributed by atoms with E-state index in [4.69, 9.17) is 4.52 Å². The highest BCUT2D eigenvalue weighted by Crippen LogP contribution is 2.32. The van der Waals surface area contributed by atoms with Crippen molar-refractivity contribution in [1.82, 2.24) is 15.4 Å². The summed E-state index contributed by atoms with van der Waals surface area (Å²) in [4.78, 5) is 29.5. The van der Waals surface area contributed by atoms with Crippen molar-refractivity contribution in [3.05, 3.63) is 64.4 Å². The molecule has 3 aromatic rings. The minimum Gasteiger partial charge on any atom is -0.391 e. The predicted molar refractivity (Wildman–Crippen MR) is 141 cm³/mol. The van der Waals surface area contributed by atoms with E-state index in [1.165, 1.54) is 15.3 Å². The first-order valence-corrected chi connectivity index (χ1v) is 13.4. The summed E-state index contributed by atoms with van der Waals surface area (Å²) in [7, 11) is 0. The van der Waals surface area contributed by atoms with Crippen LogP contribution in [0.25, 0.3) is 10.4 Å². The van der Waals surface area contributed by atoms with Gasteiger partial charge >= 0.3 is 0 Å². The van der Waals surface area contributed by atoms with Crippen LogP contribution in [0.4, 0.5) is 0 Å². The molecule has 1 fully saturated rings. The van der Waals surface area contributed by atoms with Gasteiger partial charge in [0, 0.05) is 30.5 Å². The van der Waals surface area contributed by atoms with E-state index < -0.39 is 18.1 Å². The van der Waals surface area contributed by atoms with Crippen molar-refractivity contribution in [2.45, 2.75) is 71.6 Å². The molecule has 0 radical (unpaired) electrons. The van der Waals surface area contributed by atoms with Gasteiger partial charge in [-0.1, -0.05) is 57.1 Å². The van der Waals surface area contributed by atoms with E-state index in [0.29, 0.717) is 12.3 Å². The molecule has 36 heavy (non-hydrogen) atoms. The Hall–Kier alpha value is -2.97. The Morgan fingerprint density at radius 2 is 1.92 bits per heavy atom. The Kier molecular flexibility index (Phi) is 7.95. The van der Waals surface area contributed by atoms with Gasteiger partial charge in [0.1, 0.15) is 17.7 Å². The fourth-order valence-electron chi connectivity index (χ4n) is 4.69. The van der Waals surface area contributed by atoms with E-state index >= 15 is 0 Å². The minimum absolute atomic E-state index is 0.0580. The number of carbonyl (C=O) groups excluding carboxylic acids is 2. The number of rotatable bonds is 8. The second kappa shape index (κ2) is 11.0. The second-order valence-electron chi connectivity index (χ2n) is 10.3. The molecule has 192 valence electrons. The topological polar surface area (TPSA) is 95.7 Å².